The van der Waals surface area contributed by atoms with Crippen molar-refractivity contribution in [2.24, 2.45) is 5.92 Å². The number of carboxylic acids is 1. The second-order valence-electron chi connectivity index (χ2n) is 5.31. The highest BCUT2D eigenvalue weighted by Gasteiger charge is 2.27. The topological polar surface area (TPSA) is 69.6 Å². The van der Waals surface area contributed by atoms with Crippen molar-refractivity contribution in [3.05, 3.63) is 29.6 Å². The van der Waals surface area contributed by atoms with Crippen molar-refractivity contribution in [2.75, 3.05) is 18.4 Å². The molecule has 2 rings (SSSR count). The molecule has 1 aliphatic rings. The Morgan fingerprint density at radius 2 is 2.14 bits per heavy atom. The predicted octanol–water partition coefficient (Wildman–Crippen LogP) is 3.18. The Balaban J connectivity index is 2.12. The lowest BCUT2D eigenvalue weighted by atomic mass is 10.1. The number of carbonyl (C=O) groups excluding carboxylic acids is 1. The SMILES string of the molecule is CCCN(CC1CC1)C(=O)Nc1cc(F)ccc1C(=O)O. The zero-order valence-corrected chi connectivity index (χ0v) is 11.9. The van der Waals surface area contributed by atoms with Crippen molar-refractivity contribution in [3.63, 3.8) is 0 Å². The summed E-state index contributed by atoms with van der Waals surface area (Å²) in [5.41, 5.74) is -0.128. The van der Waals surface area contributed by atoms with Gasteiger partial charge >= 0.3 is 12.0 Å². The number of hydrogen-bond acceptors (Lipinski definition) is 2. The van der Waals surface area contributed by atoms with Crippen LogP contribution in [0.25, 0.3) is 0 Å². The zero-order valence-electron chi connectivity index (χ0n) is 11.9. The summed E-state index contributed by atoms with van der Waals surface area (Å²) in [6.45, 7) is 3.23. The van der Waals surface area contributed by atoms with Crippen LogP contribution in [0, 0.1) is 11.7 Å². The second kappa shape index (κ2) is 6.56. The first kappa shape index (κ1) is 15.3. The Labute approximate surface area is 122 Å². The van der Waals surface area contributed by atoms with Gasteiger partial charge in [0.05, 0.1) is 11.3 Å². The molecule has 2 amide bonds. The van der Waals surface area contributed by atoms with Crippen molar-refractivity contribution < 1.29 is 19.1 Å². The fraction of sp³-hybridized carbons (Fsp3) is 0.467. The number of aromatic carboxylic acids is 1. The largest absolute Gasteiger partial charge is 0.478 e. The third-order valence-corrected chi connectivity index (χ3v) is 3.41. The van der Waals surface area contributed by atoms with E-state index in [1.165, 1.54) is 0 Å². The van der Waals surface area contributed by atoms with E-state index < -0.39 is 11.8 Å². The molecule has 21 heavy (non-hydrogen) atoms. The van der Waals surface area contributed by atoms with E-state index in [-0.39, 0.29) is 17.3 Å². The molecule has 1 aromatic rings. The van der Waals surface area contributed by atoms with Gasteiger partial charge in [0.2, 0.25) is 0 Å². The van der Waals surface area contributed by atoms with Gasteiger partial charge in [-0.2, -0.15) is 0 Å². The van der Waals surface area contributed by atoms with Gasteiger partial charge in [-0.15, -0.1) is 0 Å². The van der Waals surface area contributed by atoms with Gasteiger partial charge in [-0.25, -0.2) is 14.0 Å². The van der Waals surface area contributed by atoms with E-state index in [0.29, 0.717) is 19.0 Å². The quantitative estimate of drug-likeness (QED) is 0.846. The van der Waals surface area contributed by atoms with Crippen LogP contribution in [0.15, 0.2) is 18.2 Å². The number of nitrogens with one attached hydrogen (secondary N) is 1. The van der Waals surface area contributed by atoms with Gasteiger partial charge in [0.1, 0.15) is 5.82 Å². The van der Waals surface area contributed by atoms with E-state index in [4.69, 9.17) is 5.11 Å². The first-order chi connectivity index (χ1) is 10.0. The minimum atomic E-state index is -1.20. The van der Waals surface area contributed by atoms with Gasteiger partial charge < -0.3 is 15.3 Å². The number of urea groups is 1. The molecule has 2 N–H and O–H groups in total. The smallest absolute Gasteiger partial charge is 0.337 e. The number of carboxylic acid groups (broad SMARTS) is 1. The Hall–Kier alpha value is -2.11. The molecule has 1 aromatic carbocycles. The number of carbonyl (C=O) groups is 2. The lowest BCUT2D eigenvalue weighted by Gasteiger charge is -2.23. The van der Waals surface area contributed by atoms with Crippen LogP contribution < -0.4 is 5.32 Å². The summed E-state index contributed by atoms with van der Waals surface area (Å²) in [5, 5.41) is 11.6. The Morgan fingerprint density at radius 3 is 2.71 bits per heavy atom. The van der Waals surface area contributed by atoms with Crippen LogP contribution in [0.4, 0.5) is 14.9 Å². The van der Waals surface area contributed by atoms with E-state index in [2.05, 4.69) is 5.32 Å². The monoisotopic (exact) mass is 294 g/mol. The minimum Gasteiger partial charge on any atom is -0.478 e. The Morgan fingerprint density at radius 1 is 1.43 bits per heavy atom. The summed E-state index contributed by atoms with van der Waals surface area (Å²) >= 11 is 0. The summed E-state index contributed by atoms with van der Waals surface area (Å²) in [6, 6.07) is 2.87. The average Bonchev–Trinajstić information content (AvgIpc) is 3.22. The molecule has 1 aliphatic carbocycles. The molecule has 0 heterocycles. The standard InChI is InChI=1S/C15H19FN2O3/c1-2-7-18(9-10-3-4-10)15(21)17-13-8-11(16)5-6-12(13)14(19)20/h5-6,8,10H,2-4,7,9H2,1H3,(H,17,21)(H,19,20). The third kappa shape index (κ3) is 4.18. The van der Waals surface area contributed by atoms with Gasteiger partial charge in [0, 0.05) is 13.1 Å². The number of benzene rings is 1. The number of hydrogen-bond donors (Lipinski definition) is 2. The van der Waals surface area contributed by atoms with E-state index in [0.717, 1.165) is 37.5 Å². The van der Waals surface area contributed by atoms with Crippen molar-refractivity contribution in [2.45, 2.75) is 26.2 Å². The summed E-state index contributed by atoms with van der Waals surface area (Å²) in [6.07, 6.45) is 3.05. The Bertz CT molecular complexity index is 544. The fourth-order valence-electron chi connectivity index (χ4n) is 2.16. The zero-order chi connectivity index (χ0) is 15.4. The molecule has 0 saturated heterocycles. The van der Waals surface area contributed by atoms with Crippen LogP contribution in [-0.4, -0.2) is 35.1 Å². The van der Waals surface area contributed by atoms with Crippen molar-refractivity contribution in [3.8, 4) is 0 Å². The lowest BCUT2D eigenvalue weighted by Crippen LogP contribution is -2.37. The fourth-order valence-corrected chi connectivity index (χ4v) is 2.16. The molecule has 0 unspecified atom stereocenters. The number of nitrogens with zero attached hydrogens (tertiary/aromatic N) is 1. The van der Waals surface area contributed by atoms with Crippen LogP contribution in [-0.2, 0) is 0 Å². The van der Waals surface area contributed by atoms with Crippen LogP contribution in [0.2, 0.25) is 0 Å². The maximum absolute atomic E-state index is 13.3. The minimum absolute atomic E-state index is 0.00981. The van der Waals surface area contributed by atoms with Crippen molar-refractivity contribution >= 4 is 17.7 Å². The van der Waals surface area contributed by atoms with Crippen LogP contribution in [0.5, 0.6) is 0 Å². The second-order valence-corrected chi connectivity index (χ2v) is 5.31. The lowest BCUT2D eigenvalue weighted by molar-refractivity contribution is 0.0698. The summed E-state index contributed by atoms with van der Waals surface area (Å²) in [7, 11) is 0. The molecule has 1 fully saturated rings. The normalized spacial score (nSPS) is 13.8. The summed E-state index contributed by atoms with van der Waals surface area (Å²) in [5.74, 6) is -1.25. The van der Waals surface area contributed by atoms with Crippen molar-refractivity contribution in [1.82, 2.24) is 4.90 Å². The van der Waals surface area contributed by atoms with E-state index in [1.54, 1.807) is 4.90 Å². The average molecular weight is 294 g/mol. The molecule has 0 bridgehead atoms. The highest BCUT2D eigenvalue weighted by molar-refractivity contribution is 6.00. The molecule has 0 atom stereocenters. The number of rotatable bonds is 6. The molecule has 5 nitrogen and oxygen atoms in total. The van der Waals surface area contributed by atoms with Crippen molar-refractivity contribution in [1.29, 1.82) is 0 Å². The van der Waals surface area contributed by atoms with Gasteiger partial charge in [-0.3, -0.25) is 0 Å². The van der Waals surface area contributed by atoms with Crippen LogP contribution in [0.1, 0.15) is 36.5 Å². The van der Waals surface area contributed by atoms with E-state index in [1.807, 2.05) is 6.92 Å². The molecular weight excluding hydrogens is 275 g/mol. The first-order valence-corrected chi connectivity index (χ1v) is 7.10. The molecule has 0 radical (unpaired) electrons. The van der Waals surface area contributed by atoms with Crippen LogP contribution in [0.3, 0.4) is 0 Å². The van der Waals surface area contributed by atoms with E-state index >= 15 is 0 Å². The maximum Gasteiger partial charge on any atom is 0.337 e. The summed E-state index contributed by atoms with van der Waals surface area (Å²) in [4.78, 5) is 25.0. The van der Waals surface area contributed by atoms with Gasteiger partial charge in [-0.05, 0) is 43.4 Å². The maximum atomic E-state index is 13.3. The Kier molecular flexibility index (Phi) is 4.77. The molecule has 0 spiro atoms. The van der Waals surface area contributed by atoms with Gasteiger partial charge in [0.15, 0.2) is 0 Å². The van der Waals surface area contributed by atoms with Gasteiger partial charge in [-0.1, -0.05) is 6.92 Å². The summed E-state index contributed by atoms with van der Waals surface area (Å²) < 4.78 is 13.3. The molecule has 1 saturated carbocycles. The molecular formula is C15H19FN2O3. The molecule has 0 aliphatic heterocycles. The highest BCUT2D eigenvalue weighted by Crippen LogP contribution is 2.30. The molecule has 0 aromatic heterocycles. The molecule has 114 valence electrons. The predicted molar refractivity (Wildman–Crippen MR) is 77.0 cm³/mol. The number of halogens is 1. The number of anilines is 1. The van der Waals surface area contributed by atoms with Gasteiger partial charge in [0.25, 0.3) is 0 Å². The van der Waals surface area contributed by atoms with Crippen LogP contribution >= 0.6 is 0 Å². The number of amides is 2. The highest BCUT2D eigenvalue weighted by atomic mass is 19.1. The third-order valence-electron chi connectivity index (χ3n) is 3.41. The van der Waals surface area contributed by atoms with E-state index in [9.17, 15) is 14.0 Å². The molecule has 6 heteroatoms. The first-order valence-electron chi connectivity index (χ1n) is 7.10.